The van der Waals surface area contributed by atoms with E-state index in [-0.39, 0.29) is 35.5 Å². The van der Waals surface area contributed by atoms with Crippen LogP contribution in [0.5, 0.6) is 0 Å². The number of rotatable bonds is 9. The summed E-state index contributed by atoms with van der Waals surface area (Å²) >= 11 is 0. The van der Waals surface area contributed by atoms with E-state index in [9.17, 15) is 22.8 Å². The Morgan fingerprint density at radius 1 is 1.19 bits per heavy atom. The highest BCUT2D eigenvalue weighted by Gasteiger charge is 2.34. The number of amides is 2. The Bertz CT molecular complexity index is 783. The molecule has 0 radical (unpaired) electrons. The number of methoxy groups -OCH3 is 1. The molecule has 1 aromatic rings. The van der Waals surface area contributed by atoms with Crippen LogP contribution >= 0.6 is 0 Å². The second kappa shape index (κ2) is 11.1. The number of hydrogen-bond donors (Lipinski definition) is 3. The van der Waals surface area contributed by atoms with Crippen LogP contribution in [0.1, 0.15) is 62.4 Å². The molecule has 32 heavy (non-hydrogen) atoms. The van der Waals surface area contributed by atoms with Crippen LogP contribution in [0.4, 0.5) is 13.2 Å². The molecule has 0 spiro atoms. The van der Waals surface area contributed by atoms with Crippen LogP contribution < -0.4 is 16.0 Å². The average Bonchev–Trinajstić information content (AvgIpc) is 2.73. The zero-order valence-electron chi connectivity index (χ0n) is 19.1. The lowest BCUT2D eigenvalue weighted by molar-refractivity contribution is -0.137. The van der Waals surface area contributed by atoms with E-state index < -0.39 is 17.6 Å². The van der Waals surface area contributed by atoms with Crippen molar-refractivity contribution in [3.05, 3.63) is 35.4 Å². The standard InChI is InChI=1S/C23H34F3N3O3/c1-5-22(2,3)29-18-9-10-19(16(12-18)14-32-4)28-20(30)13-27-21(31)15-7-6-8-17(11-15)23(24,25)26/h6-8,11,16,18-19,29H,5,9-10,12-14H2,1-4H3,(H,27,31)(H,28,30)/t16-,18+,19-/m0/s1. The van der Waals surface area contributed by atoms with Gasteiger partial charge in [0, 0.05) is 36.2 Å². The van der Waals surface area contributed by atoms with Gasteiger partial charge in [0.1, 0.15) is 0 Å². The van der Waals surface area contributed by atoms with Gasteiger partial charge in [-0.05, 0) is 57.7 Å². The molecule has 0 aromatic heterocycles. The van der Waals surface area contributed by atoms with Gasteiger partial charge in [-0.15, -0.1) is 0 Å². The first-order valence-electron chi connectivity index (χ1n) is 11.0. The summed E-state index contributed by atoms with van der Waals surface area (Å²) in [6.45, 7) is 6.67. The first-order chi connectivity index (χ1) is 14.9. The zero-order chi connectivity index (χ0) is 23.9. The summed E-state index contributed by atoms with van der Waals surface area (Å²) in [6.07, 6.45) is -0.989. The van der Waals surface area contributed by atoms with Gasteiger partial charge in [-0.2, -0.15) is 13.2 Å². The van der Waals surface area contributed by atoms with Crippen LogP contribution in [-0.4, -0.2) is 49.7 Å². The van der Waals surface area contributed by atoms with Crippen molar-refractivity contribution in [1.82, 2.24) is 16.0 Å². The largest absolute Gasteiger partial charge is 0.416 e. The number of hydrogen-bond acceptors (Lipinski definition) is 4. The van der Waals surface area contributed by atoms with Crippen LogP contribution in [-0.2, 0) is 15.7 Å². The maximum Gasteiger partial charge on any atom is 0.416 e. The maximum atomic E-state index is 12.8. The Labute approximate surface area is 187 Å². The van der Waals surface area contributed by atoms with E-state index >= 15 is 0 Å². The molecule has 0 heterocycles. The maximum absolute atomic E-state index is 12.8. The summed E-state index contributed by atoms with van der Waals surface area (Å²) in [5.41, 5.74) is -1.02. The molecule has 1 saturated carbocycles. The molecule has 0 bridgehead atoms. The SMILES string of the molecule is CCC(C)(C)N[C@@H]1CC[C@H](NC(=O)CNC(=O)c2cccc(C(F)(F)F)c2)[C@H](COC)C1. The molecule has 180 valence electrons. The van der Waals surface area contributed by atoms with E-state index in [0.29, 0.717) is 12.6 Å². The molecule has 1 aromatic carbocycles. The molecule has 3 atom stereocenters. The molecule has 2 rings (SSSR count). The third kappa shape index (κ3) is 7.78. The second-order valence-electron chi connectivity index (χ2n) is 9.04. The third-order valence-electron chi connectivity index (χ3n) is 6.05. The number of carbonyl (C=O) groups excluding carboxylic acids is 2. The van der Waals surface area contributed by atoms with Gasteiger partial charge in [-0.3, -0.25) is 9.59 Å². The van der Waals surface area contributed by atoms with Crippen LogP contribution in [0.2, 0.25) is 0 Å². The van der Waals surface area contributed by atoms with Gasteiger partial charge in [-0.25, -0.2) is 0 Å². The fraction of sp³-hybridized carbons (Fsp3) is 0.652. The summed E-state index contributed by atoms with van der Waals surface area (Å²) in [5, 5.41) is 9.03. The minimum atomic E-state index is -4.54. The fourth-order valence-corrected chi connectivity index (χ4v) is 4.00. The molecule has 3 N–H and O–H groups in total. The minimum absolute atomic E-state index is 0.0338. The number of benzene rings is 1. The molecular weight excluding hydrogens is 423 g/mol. The van der Waals surface area contributed by atoms with Crippen molar-refractivity contribution in [3.8, 4) is 0 Å². The Kier molecular flexibility index (Phi) is 9.09. The molecule has 0 unspecified atom stereocenters. The lowest BCUT2D eigenvalue weighted by Crippen LogP contribution is -2.54. The van der Waals surface area contributed by atoms with Gasteiger partial charge >= 0.3 is 6.18 Å². The van der Waals surface area contributed by atoms with Crippen molar-refractivity contribution in [2.45, 2.75) is 70.3 Å². The number of nitrogens with one attached hydrogen (secondary N) is 3. The van der Waals surface area contributed by atoms with E-state index in [2.05, 4.69) is 36.7 Å². The van der Waals surface area contributed by atoms with E-state index in [1.165, 1.54) is 12.1 Å². The highest BCUT2D eigenvalue weighted by atomic mass is 19.4. The van der Waals surface area contributed by atoms with Gasteiger partial charge in [-0.1, -0.05) is 13.0 Å². The van der Waals surface area contributed by atoms with Crippen molar-refractivity contribution in [2.75, 3.05) is 20.3 Å². The molecule has 1 fully saturated rings. The Balaban J connectivity index is 1.89. The summed E-state index contributed by atoms with van der Waals surface area (Å²) in [4.78, 5) is 24.6. The molecule has 1 aliphatic carbocycles. The summed E-state index contributed by atoms with van der Waals surface area (Å²) in [5.74, 6) is -0.979. The number of ether oxygens (including phenoxy) is 1. The van der Waals surface area contributed by atoms with E-state index in [1.807, 2.05) is 0 Å². The lowest BCUT2D eigenvalue weighted by atomic mass is 9.80. The van der Waals surface area contributed by atoms with Crippen LogP contribution in [0.15, 0.2) is 24.3 Å². The lowest BCUT2D eigenvalue weighted by Gasteiger charge is -2.40. The molecule has 6 nitrogen and oxygen atoms in total. The number of carbonyl (C=O) groups is 2. The smallest absolute Gasteiger partial charge is 0.384 e. The normalized spacial score (nSPS) is 21.8. The Hall–Kier alpha value is -2.13. The van der Waals surface area contributed by atoms with E-state index in [0.717, 1.165) is 37.8 Å². The predicted octanol–water partition coefficient (Wildman–Crippen LogP) is 3.51. The van der Waals surface area contributed by atoms with E-state index in [4.69, 9.17) is 4.74 Å². The molecular formula is C23H34F3N3O3. The number of halogens is 3. The summed E-state index contributed by atoms with van der Waals surface area (Å²) in [6, 6.07) is 4.36. The summed E-state index contributed by atoms with van der Waals surface area (Å²) < 4.78 is 43.9. The van der Waals surface area contributed by atoms with Gasteiger partial charge in [0.15, 0.2) is 0 Å². The van der Waals surface area contributed by atoms with Crippen molar-refractivity contribution in [3.63, 3.8) is 0 Å². The van der Waals surface area contributed by atoms with Crippen molar-refractivity contribution in [1.29, 1.82) is 0 Å². The van der Waals surface area contributed by atoms with Crippen molar-refractivity contribution < 1.29 is 27.5 Å². The van der Waals surface area contributed by atoms with Gasteiger partial charge in [0.25, 0.3) is 5.91 Å². The first kappa shape index (κ1) is 26.1. The summed E-state index contributed by atoms with van der Waals surface area (Å²) in [7, 11) is 1.63. The van der Waals surface area contributed by atoms with Crippen LogP contribution in [0.3, 0.4) is 0 Å². The molecule has 0 aliphatic heterocycles. The minimum Gasteiger partial charge on any atom is -0.384 e. The average molecular weight is 458 g/mol. The second-order valence-corrected chi connectivity index (χ2v) is 9.04. The van der Waals surface area contributed by atoms with Crippen molar-refractivity contribution in [2.24, 2.45) is 5.92 Å². The highest BCUT2D eigenvalue weighted by molar-refractivity contribution is 5.96. The predicted molar refractivity (Wildman–Crippen MR) is 116 cm³/mol. The van der Waals surface area contributed by atoms with Gasteiger partial charge in [0.2, 0.25) is 5.91 Å². The highest BCUT2D eigenvalue weighted by Crippen LogP contribution is 2.29. The molecule has 9 heteroatoms. The molecule has 0 saturated heterocycles. The topological polar surface area (TPSA) is 79.5 Å². The third-order valence-corrected chi connectivity index (χ3v) is 6.05. The van der Waals surface area contributed by atoms with E-state index in [1.54, 1.807) is 7.11 Å². The number of alkyl halides is 3. The quantitative estimate of drug-likeness (QED) is 0.530. The Morgan fingerprint density at radius 3 is 2.53 bits per heavy atom. The molecule has 2 amide bonds. The first-order valence-corrected chi connectivity index (χ1v) is 11.0. The Morgan fingerprint density at radius 2 is 1.91 bits per heavy atom. The van der Waals surface area contributed by atoms with Gasteiger partial charge in [0.05, 0.1) is 18.7 Å². The van der Waals surface area contributed by atoms with Gasteiger partial charge < -0.3 is 20.7 Å². The monoisotopic (exact) mass is 457 g/mol. The van der Waals surface area contributed by atoms with Crippen LogP contribution in [0.25, 0.3) is 0 Å². The van der Waals surface area contributed by atoms with Crippen LogP contribution in [0, 0.1) is 5.92 Å². The zero-order valence-corrected chi connectivity index (χ0v) is 19.1. The fourth-order valence-electron chi connectivity index (χ4n) is 4.00. The van der Waals surface area contributed by atoms with Crippen molar-refractivity contribution >= 4 is 11.8 Å². The molecule has 1 aliphatic rings.